The van der Waals surface area contributed by atoms with Crippen LogP contribution in [0.2, 0.25) is 0 Å². The third-order valence-corrected chi connectivity index (χ3v) is 5.77. The molecule has 0 spiro atoms. The SMILES string of the molecule is O=C(c1cccc(-c2ccccc2)c1)N1CCC(C(=O)N2CCCC2)CC1. The Bertz CT molecular complexity index is 804. The molecule has 0 saturated carbocycles. The summed E-state index contributed by atoms with van der Waals surface area (Å²) >= 11 is 0. The average Bonchev–Trinajstić information content (AvgIpc) is 3.28. The second-order valence-electron chi connectivity index (χ2n) is 7.55. The largest absolute Gasteiger partial charge is 0.342 e. The highest BCUT2D eigenvalue weighted by atomic mass is 16.2. The van der Waals surface area contributed by atoms with E-state index in [4.69, 9.17) is 0 Å². The number of nitrogens with zero attached hydrogens (tertiary/aromatic N) is 2. The predicted octanol–water partition coefficient (Wildman–Crippen LogP) is 3.83. The Morgan fingerprint density at radius 2 is 1.41 bits per heavy atom. The minimum atomic E-state index is 0.0693. The molecule has 4 heteroatoms. The Balaban J connectivity index is 1.40. The van der Waals surface area contributed by atoms with Crippen LogP contribution in [-0.4, -0.2) is 47.8 Å². The van der Waals surface area contributed by atoms with Crippen LogP contribution < -0.4 is 0 Å². The van der Waals surface area contributed by atoms with E-state index in [1.165, 1.54) is 0 Å². The van der Waals surface area contributed by atoms with E-state index in [1.54, 1.807) is 0 Å². The lowest BCUT2D eigenvalue weighted by molar-refractivity contribution is -0.135. The van der Waals surface area contributed by atoms with Crippen molar-refractivity contribution < 1.29 is 9.59 Å². The third-order valence-electron chi connectivity index (χ3n) is 5.77. The van der Waals surface area contributed by atoms with E-state index in [1.807, 2.05) is 52.3 Å². The molecule has 4 nitrogen and oxygen atoms in total. The van der Waals surface area contributed by atoms with Gasteiger partial charge in [0.15, 0.2) is 0 Å². The molecule has 0 atom stereocenters. The summed E-state index contributed by atoms with van der Waals surface area (Å²) in [6, 6.07) is 17.9. The second kappa shape index (κ2) is 7.95. The summed E-state index contributed by atoms with van der Waals surface area (Å²) in [5.74, 6) is 0.452. The van der Waals surface area contributed by atoms with Gasteiger partial charge in [0, 0.05) is 37.7 Å². The molecule has 140 valence electrons. The quantitative estimate of drug-likeness (QED) is 0.833. The first-order chi connectivity index (χ1) is 13.2. The van der Waals surface area contributed by atoms with Crippen molar-refractivity contribution in [3.05, 3.63) is 60.2 Å². The van der Waals surface area contributed by atoms with Crippen LogP contribution in [0.1, 0.15) is 36.0 Å². The third kappa shape index (κ3) is 3.90. The molecule has 0 aliphatic carbocycles. The molecule has 2 aromatic carbocycles. The fourth-order valence-corrected chi connectivity index (χ4v) is 4.17. The topological polar surface area (TPSA) is 40.6 Å². The molecule has 0 unspecified atom stereocenters. The summed E-state index contributed by atoms with van der Waals surface area (Å²) in [6.07, 6.45) is 3.81. The van der Waals surface area contributed by atoms with Gasteiger partial charge in [0.05, 0.1) is 0 Å². The van der Waals surface area contributed by atoms with E-state index in [-0.39, 0.29) is 11.8 Å². The van der Waals surface area contributed by atoms with E-state index in [9.17, 15) is 9.59 Å². The zero-order valence-electron chi connectivity index (χ0n) is 15.6. The average molecular weight is 362 g/mol. The fourth-order valence-electron chi connectivity index (χ4n) is 4.17. The lowest BCUT2D eigenvalue weighted by Crippen LogP contribution is -2.43. The molecule has 2 amide bonds. The molecule has 0 radical (unpaired) electrons. The maximum absolute atomic E-state index is 12.9. The predicted molar refractivity (Wildman–Crippen MR) is 106 cm³/mol. The van der Waals surface area contributed by atoms with Crippen molar-refractivity contribution >= 4 is 11.8 Å². The number of hydrogen-bond donors (Lipinski definition) is 0. The van der Waals surface area contributed by atoms with Crippen molar-refractivity contribution in [3.8, 4) is 11.1 Å². The van der Waals surface area contributed by atoms with Crippen LogP contribution >= 0.6 is 0 Å². The Hall–Kier alpha value is -2.62. The van der Waals surface area contributed by atoms with Crippen molar-refractivity contribution in [2.24, 2.45) is 5.92 Å². The summed E-state index contributed by atoms with van der Waals surface area (Å²) in [7, 11) is 0. The number of likely N-dealkylation sites (tertiary alicyclic amines) is 2. The standard InChI is InChI=1S/C23H26N2O2/c26-22(24-13-4-5-14-24)19-11-15-25(16-12-19)23(27)21-10-6-9-20(17-21)18-7-2-1-3-8-18/h1-3,6-10,17,19H,4-5,11-16H2. The Morgan fingerprint density at radius 1 is 0.741 bits per heavy atom. The summed E-state index contributed by atoms with van der Waals surface area (Å²) in [6.45, 7) is 3.14. The van der Waals surface area contributed by atoms with Gasteiger partial charge in [0.25, 0.3) is 5.91 Å². The van der Waals surface area contributed by atoms with E-state index in [0.29, 0.717) is 19.0 Å². The highest BCUT2D eigenvalue weighted by Crippen LogP contribution is 2.25. The van der Waals surface area contributed by atoms with Gasteiger partial charge in [0.2, 0.25) is 5.91 Å². The van der Waals surface area contributed by atoms with Crippen molar-refractivity contribution in [1.82, 2.24) is 9.80 Å². The Kier molecular flexibility index (Phi) is 5.23. The first-order valence-corrected chi connectivity index (χ1v) is 9.96. The van der Waals surface area contributed by atoms with Gasteiger partial charge < -0.3 is 9.80 Å². The number of benzene rings is 2. The van der Waals surface area contributed by atoms with E-state index in [2.05, 4.69) is 12.1 Å². The van der Waals surface area contributed by atoms with Crippen LogP contribution in [0, 0.1) is 5.92 Å². The first-order valence-electron chi connectivity index (χ1n) is 9.96. The molecule has 2 saturated heterocycles. The van der Waals surface area contributed by atoms with Crippen LogP contribution in [0.4, 0.5) is 0 Å². The van der Waals surface area contributed by atoms with Crippen molar-refractivity contribution in [3.63, 3.8) is 0 Å². The van der Waals surface area contributed by atoms with Crippen molar-refractivity contribution in [1.29, 1.82) is 0 Å². The maximum atomic E-state index is 12.9. The molecule has 2 aromatic rings. The monoisotopic (exact) mass is 362 g/mol. The van der Waals surface area contributed by atoms with Crippen molar-refractivity contribution in [2.45, 2.75) is 25.7 Å². The van der Waals surface area contributed by atoms with Gasteiger partial charge in [-0.2, -0.15) is 0 Å². The van der Waals surface area contributed by atoms with Crippen LogP contribution in [0.3, 0.4) is 0 Å². The molecular formula is C23H26N2O2. The number of hydrogen-bond acceptors (Lipinski definition) is 2. The van der Waals surface area contributed by atoms with Gasteiger partial charge in [0.1, 0.15) is 0 Å². The minimum Gasteiger partial charge on any atom is -0.342 e. The van der Waals surface area contributed by atoms with E-state index in [0.717, 1.165) is 55.5 Å². The molecule has 4 rings (SSSR count). The molecule has 2 aliphatic heterocycles. The second-order valence-corrected chi connectivity index (χ2v) is 7.55. The molecule has 2 heterocycles. The van der Waals surface area contributed by atoms with Gasteiger partial charge >= 0.3 is 0 Å². The van der Waals surface area contributed by atoms with Gasteiger partial charge in [-0.05, 0) is 48.9 Å². The van der Waals surface area contributed by atoms with Crippen LogP contribution in [0.5, 0.6) is 0 Å². The number of piperidine rings is 1. The maximum Gasteiger partial charge on any atom is 0.253 e. The highest BCUT2D eigenvalue weighted by Gasteiger charge is 2.31. The first kappa shape index (κ1) is 17.8. The van der Waals surface area contributed by atoms with E-state index < -0.39 is 0 Å². The Morgan fingerprint density at radius 3 is 2.11 bits per heavy atom. The van der Waals surface area contributed by atoms with E-state index >= 15 is 0 Å². The molecule has 0 N–H and O–H groups in total. The zero-order valence-corrected chi connectivity index (χ0v) is 15.6. The normalized spacial score (nSPS) is 17.9. The van der Waals surface area contributed by atoms with Crippen LogP contribution in [0.25, 0.3) is 11.1 Å². The van der Waals surface area contributed by atoms with Gasteiger partial charge in [-0.3, -0.25) is 9.59 Å². The van der Waals surface area contributed by atoms with Gasteiger partial charge in [-0.1, -0.05) is 42.5 Å². The molecule has 0 aromatic heterocycles. The number of carbonyl (C=O) groups is 2. The molecule has 2 aliphatic rings. The lowest BCUT2D eigenvalue weighted by atomic mass is 9.94. The fraction of sp³-hybridized carbons (Fsp3) is 0.391. The highest BCUT2D eigenvalue weighted by molar-refractivity contribution is 5.95. The minimum absolute atomic E-state index is 0.0693. The summed E-state index contributed by atoms with van der Waals surface area (Å²) in [4.78, 5) is 29.4. The van der Waals surface area contributed by atoms with Crippen molar-refractivity contribution in [2.75, 3.05) is 26.2 Å². The molecule has 27 heavy (non-hydrogen) atoms. The summed E-state index contributed by atoms with van der Waals surface area (Å²) < 4.78 is 0. The molecular weight excluding hydrogens is 336 g/mol. The molecule has 0 bridgehead atoms. The zero-order chi connectivity index (χ0) is 18.6. The van der Waals surface area contributed by atoms with Crippen LogP contribution in [-0.2, 0) is 4.79 Å². The molecule has 2 fully saturated rings. The van der Waals surface area contributed by atoms with Crippen LogP contribution in [0.15, 0.2) is 54.6 Å². The van der Waals surface area contributed by atoms with Gasteiger partial charge in [-0.25, -0.2) is 0 Å². The number of rotatable bonds is 3. The Labute approximate surface area is 160 Å². The number of amides is 2. The van der Waals surface area contributed by atoms with Gasteiger partial charge in [-0.15, -0.1) is 0 Å². The lowest BCUT2D eigenvalue weighted by Gasteiger charge is -2.33. The summed E-state index contributed by atoms with van der Waals surface area (Å²) in [5, 5.41) is 0. The smallest absolute Gasteiger partial charge is 0.253 e. The number of carbonyl (C=O) groups excluding carboxylic acids is 2. The summed E-state index contributed by atoms with van der Waals surface area (Å²) in [5.41, 5.74) is 2.89.